The summed E-state index contributed by atoms with van der Waals surface area (Å²) < 4.78 is 5.37. The molecule has 0 saturated carbocycles. The van der Waals surface area contributed by atoms with Gasteiger partial charge in [-0.15, -0.1) is 0 Å². The normalized spacial score (nSPS) is 10.1. The molecule has 2 amide bonds. The fourth-order valence-corrected chi connectivity index (χ4v) is 2.35. The van der Waals surface area contributed by atoms with E-state index < -0.39 is 0 Å². The molecule has 138 valence electrons. The van der Waals surface area contributed by atoms with Gasteiger partial charge in [0.1, 0.15) is 5.75 Å². The molecule has 0 radical (unpaired) electrons. The largest absolute Gasteiger partial charge is 0.494 e. The first-order chi connectivity index (χ1) is 12.5. The summed E-state index contributed by atoms with van der Waals surface area (Å²) in [6.45, 7) is 2.46. The third-order valence-corrected chi connectivity index (χ3v) is 3.71. The van der Waals surface area contributed by atoms with Crippen LogP contribution < -0.4 is 20.3 Å². The molecule has 2 aromatic carbocycles. The molecule has 0 bridgehead atoms. The molecule has 6 nitrogen and oxygen atoms in total. The van der Waals surface area contributed by atoms with Crippen LogP contribution in [0.3, 0.4) is 0 Å². The van der Waals surface area contributed by atoms with Crippen molar-refractivity contribution in [2.24, 2.45) is 0 Å². The predicted octanol–water partition coefficient (Wildman–Crippen LogP) is 2.45. The van der Waals surface area contributed by atoms with Gasteiger partial charge in [0.2, 0.25) is 11.8 Å². The quantitative estimate of drug-likeness (QED) is 0.763. The van der Waals surface area contributed by atoms with Crippen LogP contribution in [0.25, 0.3) is 0 Å². The van der Waals surface area contributed by atoms with E-state index in [1.54, 1.807) is 0 Å². The number of hydrogen-bond acceptors (Lipinski definition) is 4. The lowest BCUT2D eigenvalue weighted by Crippen LogP contribution is -2.33. The minimum Gasteiger partial charge on any atom is -0.494 e. The highest BCUT2D eigenvalue weighted by Gasteiger charge is 2.07. The highest BCUT2D eigenvalue weighted by molar-refractivity contribution is 5.94. The molecule has 0 aromatic heterocycles. The zero-order valence-corrected chi connectivity index (χ0v) is 15.4. The van der Waals surface area contributed by atoms with Crippen LogP contribution in [0.2, 0.25) is 0 Å². The lowest BCUT2D eigenvalue weighted by Gasteiger charge is -2.13. The Morgan fingerprint density at radius 2 is 1.62 bits per heavy atom. The Balaban J connectivity index is 1.76. The summed E-state index contributed by atoms with van der Waals surface area (Å²) in [7, 11) is 3.90. The van der Waals surface area contributed by atoms with Crippen LogP contribution in [0.5, 0.6) is 5.75 Å². The Bertz CT molecular complexity index is 725. The van der Waals surface area contributed by atoms with Crippen LogP contribution in [-0.2, 0) is 16.0 Å². The van der Waals surface area contributed by atoms with Crippen LogP contribution in [0.15, 0.2) is 48.5 Å². The molecular formula is C20H25N3O3. The van der Waals surface area contributed by atoms with Crippen molar-refractivity contribution in [3.8, 4) is 5.75 Å². The second-order valence-corrected chi connectivity index (χ2v) is 6.02. The van der Waals surface area contributed by atoms with Crippen molar-refractivity contribution in [2.75, 3.05) is 37.5 Å². The minimum atomic E-state index is -0.261. The summed E-state index contributed by atoms with van der Waals surface area (Å²) >= 11 is 0. The Morgan fingerprint density at radius 1 is 0.962 bits per heavy atom. The lowest BCUT2D eigenvalue weighted by molar-refractivity contribution is -0.123. The molecule has 2 rings (SSSR count). The number of amides is 2. The Morgan fingerprint density at radius 3 is 2.19 bits per heavy atom. The van der Waals surface area contributed by atoms with E-state index in [1.165, 1.54) is 0 Å². The Labute approximate surface area is 154 Å². The second-order valence-electron chi connectivity index (χ2n) is 6.02. The summed E-state index contributed by atoms with van der Waals surface area (Å²) in [5.41, 5.74) is 2.61. The molecule has 0 heterocycles. The van der Waals surface area contributed by atoms with Gasteiger partial charge in [-0.3, -0.25) is 9.59 Å². The number of carbonyl (C=O) groups is 2. The number of nitrogens with zero attached hydrogens (tertiary/aromatic N) is 1. The molecule has 0 aliphatic heterocycles. The van der Waals surface area contributed by atoms with Gasteiger partial charge in [-0.05, 0) is 48.9 Å². The van der Waals surface area contributed by atoms with Crippen LogP contribution >= 0.6 is 0 Å². The topological polar surface area (TPSA) is 70.7 Å². The van der Waals surface area contributed by atoms with Gasteiger partial charge in [0.15, 0.2) is 0 Å². The van der Waals surface area contributed by atoms with Crippen molar-refractivity contribution in [1.29, 1.82) is 0 Å². The first-order valence-electron chi connectivity index (χ1n) is 8.53. The summed E-state index contributed by atoms with van der Waals surface area (Å²) in [4.78, 5) is 25.9. The molecule has 0 aliphatic rings. The predicted molar refractivity (Wildman–Crippen MR) is 104 cm³/mol. The van der Waals surface area contributed by atoms with E-state index in [4.69, 9.17) is 4.74 Å². The number of hydrogen-bond donors (Lipinski definition) is 2. The van der Waals surface area contributed by atoms with Gasteiger partial charge in [-0.2, -0.15) is 0 Å². The fraction of sp³-hybridized carbons (Fsp3) is 0.300. The molecular weight excluding hydrogens is 330 g/mol. The van der Waals surface area contributed by atoms with E-state index in [0.717, 1.165) is 17.0 Å². The molecule has 2 N–H and O–H groups in total. The van der Waals surface area contributed by atoms with Gasteiger partial charge < -0.3 is 20.3 Å². The third-order valence-electron chi connectivity index (χ3n) is 3.71. The molecule has 0 saturated heterocycles. The van der Waals surface area contributed by atoms with E-state index >= 15 is 0 Å². The first kappa shape index (κ1) is 19.3. The van der Waals surface area contributed by atoms with Gasteiger partial charge >= 0.3 is 0 Å². The number of rotatable bonds is 8. The van der Waals surface area contributed by atoms with E-state index in [2.05, 4.69) is 10.6 Å². The van der Waals surface area contributed by atoms with E-state index in [-0.39, 0.29) is 24.8 Å². The molecule has 0 spiro atoms. The van der Waals surface area contributed by atoms with Gasteiger partial charge in [0.05, 0.1) is 19.6 Å². The van der Waals surface area contributed by atoms with E-state index in [9.17, 15) is 9.59 Å². The van der Waals surface area contributed by atoms with Crippen molar-refractivity contribution in [2.45, 2.75) is 13.3 Å². The second kappa shape index (κ2) is 9.46. The van der Waals surface area contributed by atoms with Gasteiger partial charge in [-0.25, -0.2) is 0 Å². The van der Waals surface area contributed by atoms with Crippen molar-refractivity contribution < 1.29 is 14.3 Å². The van der Waals surface area contributed by atoms with Crippen molar-refractivity contribution in [3.63, 3.8) is 0 Å². The molecule has 0 unspecified atom stereocenters. The number of benzene rings is 2. The smallest absolute Gasteiger partial charge is 0.243 e. The summed E-state index contributed by atoms with van der Waals surface area (Å²) in [6, 6.07) is 14.8. The molecule has 0 fully saturated rings. The SMILES string of the molecule is CCOc1ccc(CC(=O)NCC(=O)Nc2ccc(N(C)C)cc2)cc1. The number of carbonyl (C=O) groups excluding carboxylic acids is 2. The van der Waals surface area contributed by atoms with Gasteiger partial charge in [-0.1, -0.05) is 12.1 Å². The highest BCUT2D eigenvalue weighted by atomic mass is 16.5. The average molecular weight is 355 g/mol. The zero-order chi connectivity index (χ0) is 18.9. The Hall–Kier alpha value is -3.02. The number of anilines is 2. The lowest BCUT2D eigenvalue weighted by atomic mass is 10.1. The molecule has 26 heavy (non-hydrogen) atoms. The van der Waals surface area contributed by atoms with Crippen molar-refractivity contribution in [1.82, 2.24) is 5.32 Å². The molecule has 6 heteroatoms. The first-order valence-corrected chi connectivity index (χ1v) is 8.53. The number of ether oxygens (including phenoxy) is 1. The van der Waals surface area contributed by atoms with Crippen molar-refractivity contribution in [3.05, 3.63) is 54.1 Å². The van der Waals surface area contributed by atoms with Crippen LogP contribution in [0, 0.1) is 0 Å². The van der Waals surface area contributed by atoms with Crippen LogP contribution in [0.4, 0.5) is 11.4 Å². The summed E-state index contributed by atoms with van der Waals surface area (Å²) in [5, 5.41) is 5.39. The Kier molecular flexibility index (Phi) is 7.02. The molecule has 0 atom stereocenters. The molecule has 0 aliphatic carbocycles. The summed E-state index contributed by atoms with van der Waals surface area (Å²) in [6.07, 6.45) is 0.219. The van der Waals surface area contributed by atoms with Crippen LogP contribution in [0.1, 0.15) is 12.5 Å². The maximum Gasteiger partial charge on any atom is 0.243 e. The zero-order valence-electron chi connectivity index (χ0n) is 15.4. The average Bonchev–Trinajstić information content (AvgIpc) is 2.62. The van der Waals surface area contributed by atoms with Gasteiger partial charge in [0.25, 0.3) is 0 Å². The monoisotopic (exact) mass is 355 g/mol. The molecule has 2 aromatic rings. The van der Waals surface area contributed by atoms with Crippen molar-refractivity contribution >= 4 is 23.2 Å². The number of nitrogens with one attached hydrogen (secondary N) is 2. The van der Waals surface area contributed by atoms with Gasteiger partial charge in [0, 0.05) is 25.5 Å². The summed E-state index contributed by atoms with van der Waals surface area (Å²) in [5.74, 6) is 0.311. The highest BCUT2D eigenvalue weighted by Crippen LogP contribution is 2.15. The maximum atomic E-state index is 12.0. The maximum absolute atomic E-state index is 12.0. The minimum absolute atomic E-state index is 0.0642. The fourth-order valence-electron chi connectivity index (χ4n) is 2.35. The van der Waals surface area contributed by atoms with Crippen LogP contribution in [-0.4, -0.2) is 39.1 Å². The van der Waals surface area contributed by atoms with E-state index in [0.29, 0.717) is 12.3 Å². The third kappa shape index (κ3) is 6.12. The standard InChI is InChI=1S/C20H25N3O3/c1-4-26-18-11-5-15(6-12-18)13-19(24)21-14-20(25)22-16-7-9-17(10-8-16)23(2)3/h5-12H,4,13-14H2,1-3H3,(H,21,24)(H,22,25). The van der Waals surface area contributed by atoms with E-state index in [1.807, 2.05) is 74.4 Å².